The zero-order valence-electron chi connectivity index (χ0n) is 11.4. The van der Waals surface area contributed by atoms with Gasteiger partial charge in [0.05, 0.1) is 12.7 Å². The lowest BCUT2D eigenvalue weighted by molar-refractivity contribution is -0.135. The highest BCUT2D eigenvalue weighted by Gasteiger charge is 2.28. The Kier molecular flexibility index (Phi) is 4.58. The summed E-state index contributed by atoms with van der Waals surface area (Å²) < 4.78 is 55.7. The van der Waals surface area contributed by atoms with Crippen molar-refractivity contribution in [2.75, 3.05) is 25.4 Å². The van der Waals surface area contributed by atoms with Crippen LogP contribution in [0.15, 0.2) is 23.1 Å². The molecule has 21 heavy (non-hydrogen) atoms. The van der Waals surface area contributed by atoms with Crippen molar-refractivity contribution in [2.45, 2.75) is 17.9 Å². The average molecular weight is 319 g/mol. The molecule has 1 fully saturated rings. The SMILES string of the molecule is C[C@H]1CN(C(=O)CS(=O)(=O)c2ccc(F)cc2F)CCO1. The van der Waals surface area contributed by atoms with Gasteiger partial charge >= 0.3 is 0 Å². The fraction of sp³-hybridized carbons (Fsp3) is 0.462. The quantitative estimate of drug-likeness (QED) is 0.779. The maximum atomic E-state index is 13.5. The molecule has 1 aliphatic rings. The highest BCUT2D eigenvalue weighted by molar-refractivity contribution is 7.92. The minimum Gasteiger partial charge on any atom is -0.375 e. The predicted octanol–water partition coefficient (Wildman–Crippen LogP) is 0.986. The Morgan fingerprint density at radius 1 is 1.43 bits per heavy atom. The Morgan fingerprint density at radius 2 is 2.14 bits per heavy atom. The number of rotatable bonds is 3. The van der Waals surface area contributed by atoms with E-state index in [1.807, 2.05) is 0 Å². The number of nitrogens with zero attached hydrogens (tertiary/aromatic N) is 1. The van der Waals surface area contributed by atoms with Crippen LogP contribution >= 0.6 is 0 Å². The highest BCUT2D eigenvalue weighted by atomic mass is 32.2. The Balaban J connectivity index is 2.15. The van der Waals surface area contributed by atoms with E-state index in [1.54, 1.807) is 6.92 Å². The molecule has 1 amide bonds. The molecule has 2 rings (SSSR count). The fourth-order valence-electron chi connectivity index (χ4n) is 2.10. The topological polar surface area (TPSA) is 63.7 Å². The van der Waals surface area contributed by atoms with Crippen LogP contribution < -0.4 is 0 Å². The fourth-order valence-corrected chi connectivity index (χ4v) is 3.40. The Labute approximate surface area is 121 Å². The third-order valence-electron chi connectivity index (χ3n) is 3.14. The number of ether oxygens (including phenoxy) is 1. The second-order valence-electron chi connectivity index (χ2n) is 4.85. The van der Waals surface area contributed by atoms with Crippen molar-refractivity contribution in [1.82, 2.24) is 4.90 Å². The monoisotopic (exact) mass is 319 g/mol. The number of morpholine rings is 1. The number of carbonyl (C=O) groups is 1. The molecule has 0 unspecified atom stereocenters. The van der Waals surface area contributed by atoms with Crippen molar-refractivity contribution in [1.29, 1.82) is 0 Å². The third-order valence-corrected chi connectivity index (χ3v) is 4.76. The number of amides is 1. The summed E-state index contributed by atoms with van der Waals surface area (Å²) in [5, 5.41) is 0. The van der Waals surface area contributed by atoms with Crippen LogP contribution in [-0.4, -0.2) is 50.8 Å². The van der Waals surface area contributed by atoms with Crippen LogP contribution in [0.25, 0.3) is 0 Å². The number of sulfone groups is 1. The van der Waals surface area contributed by atoms with E-state index in [9.17, 15) is 22.0 Å². The molecule has 116 valence electrons. The number of benzene rings is 1. The van der Waals surface area contributed by atoms with Crippen molar-refractivity contribution in [3.8, 4) is 0 Å². The number of carbonyl (C=O) groups excluding carboxylic acids is 1. The zero-order chi connectivity index (χ0) is 15.6. The summed E-state index contributed by atoms with van der Waals surface area (Å²) in [6.07, 6.45) is -0.173. The lowest BCUT2D eigenvalue weighted by atomic mass is 10.3. The van der Waals surface area contributed by atoms with Crippen molar-refractivity contribution >= 4 is 15.7 Å². The van der Waals surface area contributed by atoms with Crippen molar-refractivity contribution in [3.05, 3.63) is 29.8 Å². The smallest absolute Gasteiger partial charge is 0.238 e. The van der Waals surface area contributed by atoms with E-state index < -0.39 is 38.0 Å². The lowest BCUT2D eigenvalue weighted by Gasteiger charge is -2.31. The van der Waals surface area contributed by atoms with Gasteiger partial charge in [0.1, 0.15) is 22.3 Å². The normalized spacial score (nSPS) is 19.6. The molecule has 1 aromatic rings. The van der Waals surface area contributed by atoms with Crippen LogP contribution in [0.2, 0.25) is 0 Å². The molecule has 1 aliphatic heterocycles. The van der Waals surface area contributed by atoms with E-state index >= 15 is 0 Å². The van der Waals surface area contributed by atoms with E-state index in [2.05, 4.69) is 0 Å². The van der Waals surface area contributed by atoms with E-state index in [0.717, 1.165) is 12.1 Å². The summed E-state index contributed by atoms with van der Waals surface area (Å²) in [5.41, 5.74) is 0. The first-order chi connectivity index (χ1) is 9.79. The molecule has 1 aromatic carbocycles. The van der Waals surface area contributed by atoms with Gasteiger partial charge in [-0.2, -0.15) is 0 Å². The largest absolute Gasteiger partial charge is 0.375 e. The summed E-state index contributed by atoms with van der Waals surface area (Å²) >= 11 is 0. The molecule has 1 atom stereocenters. The van der Waals surface area contributed by atoms with Gasteiger partial charge in [0.25, 0.3) is 0 Å². The standard InChI is InChI=1S/C13H15F2NO4S/c1-9-7-16(4-5-20-9)13(17)8-21(18,19)12-3-2-10(14)6-11(12)15/h2-3,6,9H,4-5,7-8H2,1H3/t9-/m0/s1. The second kappa shape index (κ2) is 6.07. The van der Waals surface area contributed by atoms with Crippen LogP contribution in [0.4, 0.5) is 8.78 Å². The molecule has 0 N–H and O–H groups in total. The van der Waals surface area contributed by atoms with Crippen LogP contribution in [0.1, 0.15) is 6.92 Å². The number of hydrogen-bond donors (Lipinski definition) is 0. The summed E-state index contributed by atoms with van der Waals surface area (Å²) in [5.74, 6) is -3.53. The molecule has 0 radical (unpaired) electrons. The first-order valence-corrected chi connectivity index (χ1v) is 8.02. The van der Waals surface area contributed by atoms with Crippen molar-refractivity contribution in [2.24, 2.45) is 0 Å². The summed E-state index contributed by atoms with van der Waals surface area (Å²) in [4.78, 5) is 12.7. The van der Waals surface area contributed by atoms with Crippen LogP contribution in [0, 0.1) is 11.6 Å². The third kappa shape index (κ3) is 3.76. The number of halogens is 2. The Morgan fingerprint density at radius 3 is 2.76 bits per heavy atom. The molecule has 0 spiro atoms. The van der Waals surface area contributed by atoms with Gasteiger partial charge in [-0.1, -0.05) is 0 Å². The zero-order valence-corrected chi connectivity index (χ0v) is 12.2. The highest BCUT2D eigenvalue weighted by Crippen LogP contribution is 2.18. The van der Waals surface area contributed by atoms with Gasteiger partial charge in [-0.3, -0.25) is 4.79 Å². The van der Waals surface area contributed by atoms with Gasteiger partial charge in [0.15, 0.2) is 9.84 Å². The maximum absolute atomic E-state index is 13.5. The van der Waals surface area contributed by atoms with E-state index in [-0.39, 0.29) is 6.10 Å². The van der Waals surface area contributed by atoms with Gasteiger partial charge in [-0.05, 0) is 19.1 Å². The van der Waals surface area contributed by atoms with E-state index in [1.165, 1.54) is 4.90 Å². The van der Waals surface area contributed by atoms with Gasteiger partial charge < -0.3 is 9.64 Å². The first kappa shape index (κ1) is 15.8. The average Bonchev–Trinajstić information content (AvgIpc) is 2.37. The molecule has 0 bridgehead atoms. The van der Waals surface area contributed by atoms with E-state index in [4.69, 9.17) is 4.74 Å². The van der Waals surface area contributed by atoms with Gasteiger partial charge in [-0.15, -0.1) is 0 Å². The summed E-state index contributed by atoms with van der Waals surface area (Å²) in [7, 11) is -4.15. The molecule has 1 saturated heterocycles. The predicted molar refractivity (Wildman–Crippen MR) is 70.4 cm³/mol. The van der Waals surface area contributed by atoms with Crippen LogP contribution in [-0.2, 0) is 19.4 Å². The molecule has 0 saturated carbocycles. The van der Waals surface area contributed by atoms with E-state index in [0.29, 0.717) is 25.8 Å². The van der Waals surface area contributed by atoms with Gasteiger partial charge in [0.2, 0.25) is 5.91 Å². The van der Waals surface area contributed by atoms with Crippen molar-refractivity contribution in [3.63, 3.8) is 0 Å². The van der Waals surface area contributed by atoms with Crippen LogP contribution in [0.3, 0.4) is 0 Å². The molecule has 5 nitrogen and oxygen atoms in total. The lowest BCUT2D eigenvalue weighted by Crippen LogP contribution is -2.46. The maximum Gasteiger partial charge on any atom is 0.238 e. The molecule has 8 heteroatoms. The Bertz CT molecular complexity index is 648. The minimum atomic E-state index is -4.15. The Hall–Kier alpha value is -1.54. The molecular weight excluding hydrogens is 304 g/mol. The van der Waals surface area contributed by atoms with Gasteiger partial charge in [0, 0.05) is 19.2 Å². The summed E-state index contributed by atoms with van der Waals surface area (Å²) in [6, 6.07) is 2.15. The summed E-state index contributed by atoms with van der Waals surface area (Å²) in [6.45, 7) is 2.69. The molecule has 0 aromatic heterocycles. The van der Waals surface area contributed by atoms with Crippen molar-refractivity contribution < 1.29 is 26.7 Å². The molecule has 0 aliphatic carbocycles. The number of hydrogen-bond acceptors (Lipinski definition) is 4. The molecule has 1 heterocycles. The first-order valence-electron chi connectivity index (χ1n) is 6.37. The van der Waals surface area contributed by atoms with Gasteiger partial charge in [-0.25, -0.2) is 17.2 Å². The van der Waals surface area contributed by atoms with Crippen LogP contribution in [0.5, 0.6) is 0 Å². The second-order valence-corrected chi connectivity index (χ2v) is 6.81. The minimum absolute atomic E-state index is 0.173. The molecular formula is C13H15F2NO4S.